The molecule has 0 aliphatic carbocycles. The van der Waals surface area contributed by atoms with E-state index in [1.807, 2.05) is 0 Å². The Kier molecular flexibility index (Phi) is 4.74. The van der Waals surface area contributed by atoms with E-state index in [-0.39, 0.29) is 5.60 Å². The molecule has 2 aliphatic rings. The predicted octanol–water partition coefficient (Wildman–Crippen LogP) is 3.22. The van der Waals surface area contributed by atoms with E-state index in [9.17, 15) is 0 Å². The van der Waals surface area contributed by atoms with E-state index in [0.717, 1.165) is 31.2 Å². The number of piperidine rings is 1. The van der Waals surface area contributed by atoms with Crippen LogP contribution in [-0.4, -0.2) is 37.2 Å². The second-order valence-electron chi connectivity index (χ2n) is 7.69. The van der Waals surface area contributed by atoms with Gasteiger partial charge in [-0.2, -0.15) is 0 Å². The number of nitrogens with one attached hydrogen (secondary N) is 1. The van der Waals surface area contributed by atoms with Gasteiger partial charge in [-0.25, -0.2) is 0 Å². The predicted molar refractivity (Wildman–Crippen MR) is 91.4 cm³/mol. The van der Waals surface area contributed by atoms with Crippen molar-refractivity contribution < 1.29 is 4.74 Å². The summed E-state index contributed by atoms with van der Waals surface area (Å²) in [6.07, 6.45) is 5.06. The highest BCUT2D eigenvalue weighted by atomic mass is 16.5. The zero-order valence-corrected chi connectivity index (χ0v) is 14.3. The van der Waals surface area contributed by atoms with Crippen LogP contribution in [0.3, 0.4) is 0 Å². The third-order valence-corrected chi connectivity index (χ3v) is 5.02. The van der Waals surface area contributed by atoms with Crippen molar-refractivity contribution in [3.8, 4) is 5.75 Å². The first kappa shape index (κ1) is 15.8. The minimum Gasteiger partial charge on any atom is -0.487 e. The van der Waals surface area contributed by atoms with Gasteiger partial charge in [0.1, 0.15) is 11.4 Å². The summed E-state index contributed by atoms with van der Waals surface area (Å²) in [4.78, 5) is 2.44. The molecular weight excluding hydrogens is 272 g/mol. The zero-order chi connectivity index (χ0) is 15.6. The maximum absolute atomic E-state index is 5.94. The largest absolute Gasteiger partial charge is 0.487 e. The molecule has 22 heavy (non-hydrogen) atoms. The van der Waals surface area contributed by atoms with E-state index in [4.69, 9.17) is 4.74 Å². The molecule has 1 aromatic carbocycles. The van der Waals surface area contributed by atoms with Crippen LogP contribution in [0.4, 0.5) is 0 Å². The first-order valence-corrected chi connectivity index (χ1v) is 8.72. The standard InChI is InChI=1S/C19H30N2O/c1-19(2)13-17-12-16(4-5-18(17)22-19)14-20-9-6-15-7-10-21(3)11-8-15/h4-5,12,15,20H,6-11,13-14H2,1-3H3. The van der Waals surface area contributed by atoms with Crippen molar-refractivity contribution in [2.75, 3.05) is 26.7 Å². The molecule has 122 valence electrons. The summed E-state index contributed by atoms with van der Waals surface area (Å²) in [5, 5.41) is 3.62. The van der Waals surface area contributed by atoms with Crippen LogP contribution in [0.5, 0.6) is 5.75 Å². The van der Waals surface area contributed by atoms with E-state index in [0.29, 0.717) is 0 Å². The number of fused-ring (bicyclic) bond motifs is 1. The molecule has 0 unspecified atom stereocenters. The summed E-state index contributed by atoms with van der Waals surface area (Å²) < 4.78 is 5.94. The summed E-state index contributed by atoms with van der Waals surface area (Å²) in [5.41, 5.74) is 2.70. The summed E-state index contributed by atoms with van der Waals surface area (Å²) in [6, 6.07) is 6.65. The molecule has 3 rings (SSSR count). The molecule has 1 aromatic rings. The molecule has 3 nitrogen and oxygen atoms in total. The van der Waals surface area contributed by atoms with Gasteiger partial charge in [0.05, 0.1) is 0 Å². The lowest BCUT2D eigenvalue weighted by molar-refractivity contribution is 0.138. The maximum Gasteiger partial charge on any atom is 0.123 e. The van der Waals surface area contributed by atoms with E-state index in [1.54, 1.807) is 0 Å². The average Bonchev–Trinajstić information content (AvgIpc) is 2.78. The van der Waals surface area contributed by atoms with Crippen LogP contribution >= 0.6 is 0 Å². The van der Waals surface area contributed by atoms with Crippen molar-refractivity contribution in [2.45, 2.75) is 51.7 Å². The fourth-order valence-corrected chi connectivity index (χ4v) is 3.66. The molecule has 1 N–H and O–H groups in total. The van der Waals surface area contributed by atoms with Gasteiger partial charge >= 0.3 is 0 Å². The van der Waals surface area contributed by atoms with Gasteiger partial charge in [-0.3, -0.25) is 0 Å². The van der Waals surface area contributed by atoms with Crippen molar-refractivity contribution in [1.82, 2.24) is 10.2 Å². The number of nitrogens with zero attached hydrogens (tertiary/aromatic N) is 1. The third-order valence-electron chi connectivity index (χ3n) is 5.02. The highest BCUT2D eigenvalue weighted by Crippen LogP contribution is 2.35. The van der Waals surface area contributed by atoms with Crippen LogP contribution < -0.4 is 10.1 Å². The number of benzene rings is 1. The Labute approximate surface area is 135 Å². The summed E-state index contributed by atoms with van der Waals surface area (Å²) in [7, 11) is 2.23. The number of ether oxygens (including phenoxy) is 1. The lowest BCUT2D eigenvalue weighted by Crippen LogP contribution is -2.31. The lowest BCUT2D eigenvalue weighted by Gasteiger charge is -2.28. The van der Waals surface area contributed by atoms with E-state index < -0.39 is 0 Å². The van der Waals surface area contributed by atoms with Crippen molar-refractivity contribution in [2.24, 2.45) is 5.92 Å². The first-order chi connectivity index (χ1) is 10.5. The topological polar surface area (TPSA) is 24.5 Å². The molecule has 0 atom stereocenters. The first-order valence-electron chi connectivity index (χ1n) is 8.72. The van der Waals surface area contributed by atoms with Crippen molar-refractivity contribution in [1.29, 1.82) is 0 Å². The van der Waals surface area contributed by atoms with Crippen LogP contribution in [0.15, 0.2) is 18.2 Å². The van der Waals surface area contributed by atoms with Gasteiger partial charge in [0.25, 0.3) is 0 Å². The Morgan fingerprint density at radius 2 is 2.05 bits per heavy atom. The maximum atomic E-state index is 5.94. The zero-order valence-electron chi connectivity index (χ0n) is 14.3. The Morgan fingerprint density at radius 3 is 2.82 bits per heavy atom. The second kappa shape index (κ2) is 6.59. The summed E-state index contributed by atoms with van der Waals surface area (Å²) in [5.74, 6) is 1.98. The van der Waals surface area contributed by atoms with Crippen LogP contribution in [0.1, 0.15) is 44.2 Å². The molecule has 1 fully saturated rings. The molecule has 0 spiro atoms. The molecule has 1 saturated heterocycles. The lowest BCUT2D eigenvalue weighted by atomic mass is 9.94. The molecule has 0 aromatic heterocycles. The van der Waals surface area contributed by atoms with Gasteiger partial charge in [0, 0.05) is 13.0 Å². The van der Waals surface area contributed by atoms with Gasteiger partial charge in [0.2, 0.25) is 0 Å². The third kappa shape index (κ3) is 4.02. The van der Waals surface area contributed by atoms with Gasteiger partial charge in [-0.15, -0.1) is 0 Å². The van der Waals surface area contributed by atoms with E-state index in [1.165, 1.54) is 43.5 Å². The number of likely N-dealkylation sites (tertiary alicyclic amines) is 1. The van der Waals surface area contributed by atoms with Gasteiger partial charge in [-0.1, -0.05) is 12.1 Å². The number of hydrogen-bond donors (Lipinski definition) is 1. The highest BCUT2D eigenvalue weighted by molar-refractivity contribution is 5.41. The van der Waals surface area contributed by atoms with Crippen molar-refractivity contribution >= 4 is 0 Å². The van der Waals surface area contributed by atoms with E-state index >= 15 is 0 Å². The van der Waals surface area contributed by atoms with Crippen LogP contribution in [0.25, 0.3) is 0 Å². The van der Waals surface area contributed by atoms with Gasteiger partial charge in [0.15, 0.2) is 0 Å². The number of rotatable bonds is 5. The van der Waals surface area contributed by atoms with Crippen LogP contribution in [0, 0.1) is 5.92 Å². The Bertz CT molecular complexity index is 504. The van der Waals surface area contributed by atoms with Crippen molar-refractivity contribution in [3.63, 3.8) is 0 Å². The number of hydrogen-bond acceptors (Lipinski definition) is 3. The Balaban J connectivity index is 1.41. The molecule has 2 heterocycles. The normalized spacial score (nSPS) is 21.6. The summed E-state index contributed by atoms with van der Waals surface area (Å²) in [6.45, 7) is 8.96. The van der Waals surface area contributed by atoms with Crippen LogP contribution in [-0.2, 0) is 13.0 Å². The van der Waals surface area contributed by atoms with Gasteiger partial charge < -0.3 is 15.0 Å². The molecule has 0 bridgehead atoms. The molecular formula is C19H30N2O. The Hall–Kier alpha value is -1.06. The summed E-state index contributed by atoms with van der Waals surface area (Å²) >= 11 is 0. The minimum atomic E-state index is -0.0392. The molecule has 0 saturated carbocycles. The fourth-order valence-electron chi connectivity index (χ4n) is 3.66. The quantitative estimate of drug-likeness (QED) is 0.845. The van der Waals surface area contributed by atoms with Crippen molar-refractivity contribution in [3.05, 3.63) is 29.3 Å². The minimum absolute atomic E-state index is 0.0392. The van der Waals surface area contributed by atoms with Gasteiger partial charge in [-0.05, 0) is 82.9 Å². The van der Waals surface area contributed by atoms with E-state index in [2.05, 4.69) is 49.3 Å². The second-order valence-corrected chi connectivity index (χ2v) is 7.69. The SMILES string of the molecule is CN1CCC(CCNCc2ccc3c(c2)CC(C)(C)O3)CC1. The Morgan fingerprint density at radius 1 is 1.27 bits per heavy atom. The molecule has 0 radical (unpaired) electrons. The molecule has 3 heteroatoms. The fraction of sp³-hybridized carbons (Fsp3) is 0.684. The van der Waals surface area contributed by atoms with Crippen LogP contribution in [0.2, 0.25) is 0 Å². The molecule has 2 aliphatic heterocycles. The monoisotopic (exact) mass is 302 g/mol. The average molecular weight is 302 g/mol. The smallest absolute Gasteiger partial charge is 0.123 e. The molecule has 0 amide bonds. The highest BCUT2D eigenvalue weighted by Gasteiger charge is 2.29.